The SMILES string of the molecule is C[C@@H]1CN(c2ccc(C(N)=O)c(F)c2)C[C@H](C)N1C(=O)OC(C)(C)C. The summed E-state index contributed by atoms with van der Waals surface area (Å²) in [6.45, 7) is 10.4. The second kappa shape index (κ2) is 6.90. The summed E-state index contributed by atoms with van der Waals surface area (Å²) in [5.74, 6) is -1.43. The average molecular weight is 351 g/mol. The zero-order valence-electron chi connectivity index (χ0n) is 15.4. The Morgan fingerprint density at radius 2 is 1.76 bits per heavy atom. The molecule has 0 saturated carbocycles. The van der Waals surface area contributed by atoms with E-state index in [1.807, 2.05) is 39.5 Å². The minimum Gasteiger partial charge on any atom is -0.444 e. The van der Waals surface area contributed by atoms with Crippen molar-refractivity contribution in [2.75, 3.05) is 18.0 Å². The first-order valence-electron chi connectivity index (χ1n) is 8.35. The number of nitrogens with two attached hydrogens (primary N) is 1. The number of anilines is 1. The Bertz CT molecular complexity index is 660. The molecule has 1 saturated heterocycles. The van der Waals surface area contributed by atoms with Crippen molar-refractivity contribution < 1.29 is 18.7 Å². The third-order valence-electron chi connectivity index (χ3n) is 4.11. The fourth-order valence-corrected chi connectivity index (χ4v) is 3.11. The normalized spacial score (nSPS) is 21.2. The van der Waals surface area contributed by atoms with Crippen LogP contribution < -0.4 is 10.6 Å². The van der Waals surface area contributed by atoms with Crippen LogP contribution in [-0.2, 0) is 4.74 Å². The monoisotopic (exact) mass is 351 g/mol. The lowest BCUT2D eigenvalue weighted by atomic mass is 10.1. The molecule has 0 bridgehead atoms. The van der Waals surface area contributed by atoms with E-state index in [2.05, 4.69) is 0 Å². The summed E-state index contributed by atoms with van der Waals surface area (Å²) >= 11 is 0. The van der Waals surface area contributed by atoms with Gasteiger partial charge < -0.3 is 15.4 Å². The molecule has 1 aromatic rings. The van der Waals surface area contributed by atoms with Crippen LogP contribution in [0.15, 0.2) is 18.2 Å². The third kappa shape index (κ3) is 4.41. The summed E-state index contributed by atoms with van der Waals surface area (Å²) in [4.78, 5) is 27.3. The van der Waals surface area contributed by atoms with E-state index >= 15 is 0 Å². The number of hydrogen-bond donors (Lipinski definition) is 1. The molecule has 0 aliphatic carbocycles. The molecular weight excluding hydrogens is 325 g/mol. The van der Waals surface area contributed by atoms with Crippen LogP contribution in [0.1, 0.15) is 45.0 Å². The van der Waals surface area contributed by atoms with E-state index in [4.69, 9.17) is 10.5 Å². The zero-order chi connectivity index (χ0) is 18.9. The van der Waals surface area contributed by atoms with Gasteiger partial charge in [-0.1, -0.05) is 0 Å². The maximum Gasteiger partial charge on any atom is 0.410 e. The van der Waals surface area contributed by atoms with Gasteiger partial charge in [-0.2, -0.15) is 0 Å². The van der Waals surface area contributed by atoms with Gasteiger partial charge in [-0.3, -0.25) is 9.69 Å². The van der Waals surface area contributed by atoms with E-state index in [-0.39, 0.29) is 23.7 Å². The fraction of sp³-hybridized carbons (Fsp3) is 0.556. The predicted molar refractivity (Wildman–Crippen MR) is 94.1 cm³/mol. The van der Waals surface area contributed by atoms with Gasteiger partial charge in [0.15, 0.2) is 0 Å². The molecule has 2 atom stereocenters. The highest BCUT2D eigenvalue weighted by Gasteiger charge is 2.35. The van der Waals surface area contributed by atoms with E-state index < -0.39 is 17.3 Å². The van der Waals surface area contributed by atoms with Crippen LogP contribution in [0, 0.1) is 5.82 Å². The first-order chi connectivity index (χ1) is 11.5. The molecule has 7 heteroatoms. The number of carbonyl (C=O) groups excluding carboxylic acids is 2. The largest absolute Gasteiger partial charge is 0.444 e. The molecule has 6 nitrogen and oxygen atoms in total. The van der Waals surface area contributed by atoms with Crippen molar-refractivity contribution in [2.45, 2.75) is 52.3 Å². The maximum absolute atomic E-state index is 14.0. The lowest BCUT2D eigenvalue weighted by molar-refractivity contribution is 0.00564. The molecule has 2 amide bonds. The van der Waals surface area contributed by atoms with Crippen molar-refractivity contribution in [3.8, 4) is 0 Å². The topological polar surface area (TPSA) is 75.9 Å². The summed E-state index contributed by atoms with van der Waals surface area (Å²) in [5.41, 5.74) is 5.11. The van der Waals surface area contributed by atoms with E-state index in [9.17, 15) is 14.0 Å². The lowest BCUT2D eigenvalue weighted by Gasteiger charge is -2.45. The molecular formula is C18H26FN3O3. The van der Waals surface area contributed by atoms with Gasteiger partial charge >= 0.3 is 6.09 Å². The molecule has 0 unspecified atom stereocenters. The first-order valence-corrected chi connectivity index (χ1v) is 8.35. The number of amides is 2. The van der Waals surface area contributed by atoms with Gasteiger partial charge in [0.05, 0.1) is 17.6 Å². The number of halogens is 1. The van der Waals surface area contributed by atoms with Gasteiger partial charge in [0, 0.05) is 18.8 Å². The van der Waals surface area contributed by atoms with E-state index in [1.54, 1.807) is 11.0 Å². The van der Waals surface area contributed by atoms with Crippen molar-refractivity contribution in [2.24, 2.45) is 5.73 Å². The van der Waals surface area contributed by atoms with Gasteiger partial charge in [0.2, 0.25) is 0 Å². The van der Waals surface area contributed by atoms with Gasteiger partial charge in [0.1, 0.15) is 11.4 Å². The number of piperazine rings is 1. The molecule has 1 aliphatic heterocycles. The molecule has 1 fully saturated rings. The summed E-state index contributed by atoms with van der Waals surface area (Å²) < 4.78 is 19.5. The molecule has 1 aliphatic rings. The smallest absolute Gasteiger partial charge is 0.410 e. The minimum absolute atomic E-state index is 0.0996. The second-order valence-electron chi connectivity index (χ2n) is 7.52. The Balaban J connectivity index is 2.15. The Labute approximate surface area is 147 Å². The molecule has 0 radical (unpaired) electrons. The fourth-order valence-electron chi connectivity index (χ4n) is 3.11. The predicted octanol–water partition coefficient (Wildman–Crippen LogP) is 2.76. The standard InChI is InChI=1S/C18H26FN3O3/c1-11-9-21(13-6-7-14(16(20)23)15(19)8-13)10-12(2)22(11)17(24)25-18(3,4)5/h6-8,11-12H,9-10H2,1-5H3,(H2,20,23)/t11-,12+. The van der Waals surface area contributed by atoms with Crippen molar-refractivity contribution in [1.82, 2.24) is 4.90 Å². The quantitative estimate of drug-likeness (QED) is 0.889. The highest BCUT2D eigenvalue weighted by atomic mass is 19.1. The Morgan fingerprint density at radius 1 is 1.20 bits per heavy atom. The van der Waals surface area contributed by atoms with E-state index in [0.29, 0.717) is 18.8 Å². The van der Waals surface area contributed by atoms with Gasteiger partial charge in [-0.25, -0.2) is 9.18 Å². The van der Waals surface area contributed by atoms with Gasteiger partial charge in [-0.15, -0.1) is 0 Å². The molecule has 0 spiro atoms. The number of hydrogen-bond acceptors (Lipinski definition) is 4. The number of nitrogens with zero attached hydrogens (tertiary/aromatic N) is 2. The van der Waals surface area contributed by atoms with Crippen LogP contribution >= 0.6 is 0 Å². The summed E-state index contributed by atoms with van der Waals surface area (Å²) in [5, 5.41) is 0. The Hall–Kier alpha value is -2.31. The second-order valence-corrected chi connectivity index (χ2v) is 7.52. The van der Waals surface area contributed by atoms with Gasteiger partial charge in [0.25, 0.3) is 5.91 Å². The summed E-state index contributed by atoms with van der Waals surface area (Å²) in [6, 6.07) is 4.17. The van der Waals surface area contributed by atoms with E-state index in [1.165, 1.54) is 12.1 Å². The zero-order valence-corrected chi connectivity index (χ0v) is 15.4. The molecule has 138 valence electrons. The van der Waals surface area contributed by atoms with Crippen molar-refractivity contribution in [3.05, 3.63) is 29.6 Å². The third-order valence-corrected chi connectivity index (χ3v) is 4.11. The number of benzene rings is 1. The number of primary amides is 1. The van der Waals surface area contributed by atoms with Crippen molar-refractivity contribution in [1.29, 1.82) is 0 Å². The lowest BCUT2D eigenvalue weighted by Crippen LogP contribution is -2.59. The highest BCUT2D eigenvalue weighted by Crippen LogP contribution is 2.25. The number of carbonyl (C=O) groups is 2. The van der Waals surface area contributed by atoms with Crippen LogP contribution in [0.25, 0.3) is 0 Å². The van der Waals surface area contributed by atoms with Crippen LogP contribution in [-0.4, -0.2) is 47.7 Å². The molecule has 2 rings (SSSR count). The maximum atomic E-state index is 14.0. The number of ether oxygens (including phenoxy) is 1. The van der Waals surface area contributed by atoms with Crippen molar-refractivity contribution in [3.63, 3.8) is 0 Å². The molecule has 25 heavy (non-hydrogen) atoms. The average Bonchev–Trinajstić information content (AvgIpc) is 2.43. The van der Waals surface area contributed by atoms with Gasteiger partial charge in [-0.05, 0) is 52.8 Å². The Morgan fingerprint density at radius 3 is 2.20 bits per heavy atom. The van der Waals surface area contributed by atoms with Crippen LogP contribution in [0.4, 0.5) is 14.9 Å². The van der Waals surface area contributed by atoms with E-state index in [0.717, 1.165) is 0 Å². The first kappa shape index (κ1) is 19.0. The minimum atomic E-state index is -0.791. The highest BCUT2D eigenvalue weighted by molar-refractivity contribution is 5.93. The molecule has 0 aromatic heterocycles. The molecule has 2 N–H and O–H groups in total. The van der Waals surface area contributed by atoms with Crippen molar-refractivity contribution >= 4 is 17.7 Å². The molecule has 1 aromatic carbocycles. The molecule has 1 heterocycles. The number of rotatable bonds is 2. The summed E-state index contributed by atoms with van der Waals surface area (Å²) in [6.07, 6.45) is -0.345. The summed E-state index contributed by atoms with van der Waals surface area (Å²) in [7, 11) is 0. The van der Waals surface area contributed by atoms with Crippen LogP contribution in [0.2, 0.25) is 0 Å². The van der Waals surface area contributed by atoms with Crippen LogP contribution in [0.3, 0.4) is 0 Å². The van der Waals surface area contributed by atoms with Crippen LogP contribution in [0.5, 0.6) is 0 Å². The Kier molecular flexibility index (Phi) is 5.25.